The van der Waals surface area contributed by atoms with Gasteiger partial charge >= 0.3 is 0 Å². The number of hydrogen-bond acceptors (Lipinski definition) is 4. The number of nitro benzene ring substituents is 1. The molecule has 0 aliphatic rings. The van der Waals surface area contributed by atoms with Crippen LogP contribution in [0.25, 0.3) is 38.9 Å². The molecule has 0 radical (unpaired) electrons. The molecule has 0 aliphatic heterocycles. The molecular weight excluding hydrogens is 352 g/mol. The Balaban J connectivity index is 1.69. The minimum Gasteiger partial charge on any atom is -0.278 e. The fourth-order valence-electron chi connectivity index (χ4n) is 3.59. The average Bonchev–Trinajstić information content (AvgIpc) is 3.08. The number of para-hydroxylation sites is 3. The lowest BCUT2D eigenvalue weighted by molar-refractivity contribution is -0.384. The smallest absolute Gasteiger partial charge is 0.277 e. The molecule has 0 amide bonds. The summed E-state index contributed by atoms with van der Waals surface area (Å²) in [5, 5.41) is 13.6. The van der Waals surface area contributed by atoms with Gasteiger partial charge in [-0.3, -0.25) is 14.7 Å². The Bertz CT molecular complexity index is 1290. The molecule has 0 unspecified atom stereocenters. The number of nitrogens with zero attached hydrogens (tertiary/aromatic N) is 4. The lowest BCUT2D eigenvalue weighted by Crippen LogP contribution is -2.01. The van der Waals surface area contributed by atoms with Crippen LogP contribution >= 0.6 is 0 Å². The van der Waals surface area contributed by atoms with Gasteiger partial charge in [-0.1, -0.05) is 48.5 Å². The predicted molar refractivity (Wildman–Crippen MR) is 108 cm³/mol. The maximum absolute atomic E-state index is 11.3. The van der Waals surface area contributed by atoms with E-state index in [9.17, 15) is 10.1 Å². The highest BCUT2D eigenvalue weighted by molar-refractivity contribution is 6.08. The highest BCUT2D eigenvalue weighted by atomic mass is 16.6. The molecule has 134 valence electrons. The molecule has 0 aliphatic carbocycles. The zero-order valence-corrected chi connectivity index (χ0v) is 14.7. The second-order valence-electron chi connectivity index (χ2n) is 6.42. The molecule has 0 N–H and O–H groups in total. The van der Waals surface area contributed by atoms with Crippen molar-refractivity contribution < 1.29 is 4.92 Å². The van der Waals surface area contributed by atoms with Crippen molar-refractivity contribution >= 4 is 27.5 Å². The summed E-state index contributed by atoms with van der Waals surface area (Å²) in [5.41, 5.74) is 3.18. The Kier molecular flexibility index (Phi) is 3.62. The van der Waals surface area contributed by atoms with Gasteiger partial charge in [-0.2, -0.15) is 0 Å². The van der Waals surface area contributed by atoms with Gasteiger partial charge in [0.25, 0.3) is 5.69 Å². The maximum Gasteiger partial charge on any atom is 0.277 e. The zero-order valence-electron chi connectivity index (χ0n) is 14.7. The number of nitro groups is 1. The molecule has 28 heavy (non-hydrogen) atoms. The monoisotopic (exact) mass is 366 g/mol. The molecule has 0 bridgehead atoms. The van der Waals surface area contributed by atoms with E-state index in [0.29, 0.717) is 17.1 Å². The van der Waals surface area contributed by atoms with Gasteiger partial charge in [-0.05, 0) is 18.2 Å². The molecule has 3 aromatic carbocycles. The summed E-state index contributed by atoms with van der Waals surface area (Å²) in [6, 6.07) is 22.8. The standard InChI is InChI=1S/C22H14N4O2/c27-26(28)21-12-6-1-7-16(21)15-13-23-22(24-14-15)25-19-10-4-2-8-17(19)18-9-3-5-11-20(18)25/h1-14H. The maximum atomic E-state index is 11.3. The third-order valence-corrected chi connectivity index (χ3v) is 4.83. The molecule has 0 fully saturated rings. The Morgan fingerprint density at radius 2 is 1.29 bits per heavy atom. The summed E-state index contributed by atoms with van der Waals surface area (Å²) in [7, 11) is 0. The molecule has 2 aromatic heterocycles. The number of aromatic nitrogens is 3. The number of benzene rings is 3. The van der Waals surface area contributed by atoms with E-state index in [1.165, 1.54) is 6.07 Å². The Morgan fingerprint density at radius 1 is 0.750 bits per heavy atom. The van der Waals surface area contributed by atoms with Crippen LogP contribution in [0.3, 0.4) is 0 Å². The minimum absolute atomic E-state index is 0.0377. The van der Waals surface area contributed by atoms with Crippen LogP contribution in [0, 0.1) is 10.1 Å². The summed E-state index contributed by atoms with van der Waals surface area (Å²) in [6.45, 7) is 0. The van der Waals surface area contributed by atoms with Crippen molar-refractivity contribution in [3.05, 3.63) is 95.3 Å². The average molecular weight is 366 g/mol. The third kappa shape index (κ3) is 2.43. The van der Waals surface area contributed by atoms with Crippen LogP contribution < -0.4 is 0 Å². The van der Waals surface area contributed by atoms with Crippen molar-refractivity contribution in [1.29, 1.82) is 0 Å². The van der Waals surface area contributed by atoms with Crippen LogP contribution in [0.2, 0.25) is 0 Å². The van der Waals surface area contributed by atoms with Crippen LogP contribution in [-0.2, 0) is 0 Å². The second kappa shape index (κ2) is 6.28. The molecule has 2 heterocycles. The topological polar surface area (TPSA) is 73.8 Å². The van der Waals surface area contributed by atoms with Crippen molar-refractivity contribution in [1.82, 2.24) is 14.5 Å². The van der Waals surface area contributed by atoms with Crippen LogP contribution in [0.1, 0.15) is 0 Å². The first-order chi connectivity index (χ1) is 13.7. The van der Waals surface area contributed by atoms with E-state index < -0.39 is 4.92 Å². The van der Waals surface area contributed by atoms with E-state index in [0.717, 1.165) is 21.8 Å². The van der Waals surface area contributed by atoms with Crippen LogP contribution in [0.15, 0.2) is 85.2 Å². The normalized spacial score (nSPS) is 11.1. The fraction of sp³-hybridized carbons (Fsp3) is 0. The van der Waals surface area contributed by atoms with Crippen molar-refractivity contribution in [2.75, 3.05) is 0 Å². The van der Waals surface area contributed by atoms with E-state index in [1.807, 2.05) is 41.0 Å². The predicted octanol–water partition coefficient (Wildman–Crippen LogP) is 5.15. The first-order valence-corrected chi connectivity index (χ1v) is 8.78. The highest BCUT2D eigenvalue weighted by Gasteiger charge is 2.16. The van der Waals surface area contributed by atoms with E-state index in [1.54, 1.807) is 30.6 Å². The van der Waals surface area contributed by atoms with Gasteiger partial charge in [-0.25, -0.2) is 9.97 Å². The van der Waals surface area contributed by atoms with Gasteiger partial charge in [0.1, 0.15) is 0 Å². The van der Waals surface area contributed by atoms with E-state index in [2.05, 4.69) is 22.1 Å². The van der Waals surface area contributed by atoms with Crippen LogP contribution in [0.5, 0.6) is 0 Å². The van der Waals surface area contributed by atoms with Crippen molar-refractivity contribution in [2.24, 2.45) is 0 Å². The summed E-state index contributed by atoms with van der Waals surface area (Å²) in [6.07, 6.45) is 3.27. The zero-order chi connectivity index (χ0) is 19.1. The van der Waals surface area contributed by atoms with Crippen LogP contribution in [0.4, 0.5) is 5.69 Å². The molecule has 0 atom stereocenters. The van der Waals surface area contributed by atoms with Gasteiger partial charge in [0.15, 0.2) is 0 Å². The molecule has 5 rings (SSSR count). The molecular formula is C22H14N4O2. The van der Waals surface area contributed by atoms with Gasteiger partial charge in [0, 0.05) is 34.8 Å². The van der Waals surface area contributed by atoms with Crippen LogP contribution in [-0.4, -0.2) is 19.5 Å². The lowest BCUT2D eigenvalue weighted by Gasteiger charge is -2.07. The largest absolute Gasteiger partial charge is 0.278 e. The summed E-state index contributed by atoms with van der Waals surface area (Å²) < 4.78 is 2.01. The molecule has 6 nitrogen and oxygen atoms in total. The summed E-state index contributed by atoms with van der Waals surface area (Å²) >= 11 is 0. The van der Waals surface area contributed by atoms with E-state index in [-0.39, 0.29) is 5.69 Å². The van der Waals surface area contributed by atoms with Crippen molar-refractivity contribution in [2.45, 2.75) is 0 Å². The number of fused-ring (bicyclic) bond motifs is 3. The SMILES string of the molecule is O=[N+]([O-])c1ccccc1-c1cnc(-n2c3ccccc3c3ccccc32)nc1. The Labute approximate surface area is 159 Å². The van der Waals surface area contributed by atoms with Gasteiger partial charge in [0.05, 0.1) is 21.5 Å². The molecule has 0 saturated carbocycles. The lowest BCUT2D eigenvalue weighted by atomic mass is 10.1. The van der Waals surface area contributed by atoms with E-state index in [4.69, 9.17) is 0 Å². The Morgan fingerprint density at radius 3 is 1.89 bits per heavy atom. The van der Waals surface area contributed by atoms with Crippen molar-refractivity contribution in [3.63, 3.8) is 0 Å². The second-order valence-corrected chi connectivity index (χ2v) is 6.42. The molecule has 0 spiro atoms. The summed E-state index contributed by atoms with van der Waals surface area (Å²) in [4.78, 5) is 20.0. The van der Waals surface area contributed by atoms with Crippen molar-refractivity contribution in [3.8, 4) is 17.1 Å². The molecule has 0 saturated heterocycles. The molecule has 6 heteroatoms. The van der Waals surface area contributed by atoms with E-state index >= 15 is 0 Å². The quantitative estimate of drug-likeness (QED) is 0.327. The fourth-order valence-corrected chi connectivity index (χ4v) is 3.59. The third-order valence-electron chi connectivity index (χ3n) is 4.83. The minimum atomic E-state index is -0.393. The first kappa shape index (κ1) is 16.1. The molecule has 5 aromatic rings. The number of hydrogen-bond donors (Lipinski definition) is 0. The van der Waals surface area contributed by atoms with Gasteiger partial charge in [0.2, 0.25) is 5.95 Å². The summed E-state index contributed by atoms with van der Waals surface area (Å²) in [5.74, 6) is 0.528. The first-order valence-electron chi connectivity index (χ1n) is 8.78. The Hall–Kier alpha value is -4.06. The number of rotatable bonds is 3. The van der Waals surface area contributed by atoms with Gasteiger partial charge in [-0.15, -0.1) is 0 Å². The highest BCUT2D eigenvalue weighted by Crippen LogP contribution is 2.32. The van der Waals surface area contributed by atoms with Gasteiger partial charge < -0.3 is 0 Å².